The Labute approximate surface area is 158 Å². The average Bonchev–Trinajstić information content (AvgIpc) is 3.10. The molecule has 3 aromatic rings. The lowest BCUT2D eigenvalue weighted by molar-refractivity contribution is -0.118. The standard InChI is InChI=1S/C20H16BrNO4/c21-12-3-1-4-13(9-12)22-19(23)11-25-14-7-8-16-15-5-2-6-17(15)20(24)26-18(16)10-14/h1,3-4,7-10H,2,5-6,11H2,(H,22,23). The second-order valence-corrected chi connectivity index (χ2v) is 7.12. The van der Waals surface area contributed by atoms with E-state index in [1.807, 2.05) is 24.3 Å². The fourth-order valence-electron chi connectivity index (χ4n) is 3.27. The summed E-state index contributed by atoms with van der Waals surface area (Å²) in [6.07, 6.45) is 2.65. The molecule has 132 valence electrons. The van der Waals surface area contributed by atoms with E-state index in [0.29, 0.717) is 17.0 Å². The van der Waals surface area contributed by atoms with E-state index in [9.17, 15) is 9.59 Å². The molecule has 1 heterocycles. The molecule has 1 aliphatic rings. The number of carbonyl (C=O) groups is 1. The largest absolute Gasteiger partial charge is 0.484 e. The highest BCUT2D eigenvalue weighted by atomic mass is 79.9. The van der Waals surface area contributed by atoms with Gasteiger partial charge in [0.05, 0.1) is 0 Å². The normalized spacial score (nSPS) is 12.8. The number of halogens is 1. The minimum Gasteiger partial charge on any atom is -0.484 e. The molecular formula is C20H16BrNO4. The Morgan fingerprint density at radius 3 is 2.85 bits per heavy atom. The van der Waals surface area contributed by atoms with Crippen molar-refractivity contribution >= 4 is 38.5 Å². The van der Waals surface area contributed by atoms with Gasteiger partial charge in [0.2, 0.25) is 0 Å². The summed E-state index contributed by atoms with van der Waals surface area (Å²) in [5.41, 5.74) is 2.79. The van der Waals surface area contributed by atoms with Crippen molar-refractivity contribution in [1.82, 2.24) is 0 Å². The fraction of sp³-hybridized carbons (Fsp3) is 0.200. The SMILES string of the molecule is O=C(COc1ccc2c3c(c(=O)oc2c1)CCC3)Nc1cccc(Br)c1. The first-order chi connectivity index (χ1) is 12.6. The number of anilines is 1. The number of hydrogen-bond donors (Lipinski definition) is 1. The predicted molar refractivity (Wildman–Crippen MR) is 103 cm³/mol. The third-order valence-corrected chi connectivity index (χ3v) is 4.92. The average molecular weight is 414 g/mol. The number of benzene rings is 2. The Balaban J connectivity index is 1.48. The highest BCUT2D eigenvalue weighted by Crippen LogP contribution is 2.29. The van der Waals surface area contributed by atoms with E-state index < -0.39 is 0 Å². The Morgan fingerprint density at radius 1 is 1.15 bits per heavy atom. The van der Waals surface area contributed by atoms with Gasteiger partial charge in [0.25, 0.3) is 5.91 Å². The number of ether oxygens (including phenoxy) is 1. The molecule has 0 atom stereocenters. The van der Waals surface area contributed by atoms with Crippen molar-refractivity contribution in [2.75, 3.05) is 11.9 Å². The van der Waals surface area contributed by atoms with E-state index in [-0.39, 0.29) is 18.1 Å². The van der Waals surface area contributed by atoms with Crippen LogP contribution in [0.25, 0.3) is 11.0 Å². The van der Waals surface area contributed by atoms with Crippen molar-refractivity contribution in [1.29, 1.82) is 0 Å². The lowest BCUT2D eigenvalue weighted by Gasteiger charge is -2.09. The summed E-state index contributed by atoms with van der Waals surface area (Å²) in [5, 5.41) is 3.71. The van der Waals surface area contributed by atoms with Gasteiger partial charge in [-0.15, -0.1) is 0 Å². The van der Waals surface area contributed by atoms with E-state index in [2.05, 4.69) is 21.2 Å². The van der Waals surface area contributed by atoms with Gasteiger partial charge in [0.15, 0.2) is 6.61 Å². The van der Waals surface area contributed by atoms with Crippen LogP contribution < -0.4 is 15.7 Å². The van der Waals surface area contributed by atoms with Crippen molar-refractivity contribution in [3.05, 3.63) is 68.5 Å². The highest BCUT2D eigenvalue weighted by Gasteiger charge is 2.19. The smallest absolute Gasteiger partial charge is 0.339 e. The van der Waals surface area contributed by atoms with Crippen molar-refractivity contribution in [2.24, 2.45) is 0 Å². The van der Waals surface area contributed by atoms with Crippen molar-refractivity contribution in [2.45, 2.75) is 19.3 Å². The quantitative estimate of drug-likeness (QED) is 0.654. The second-order valence-electron chi connectivity index (χ2n) is 6.21. The molecule has 1 N–H and O–H groups in total. The first-order valence-electron chi connectivity index (χ1n) is 8.37. The molecule has 1 amide bonds. The van der Waals surface area contributed by atoms with Crippen molar-refractivity contribution in [3.63, 3.8) is 0 Å². The van der Waals surface area contributed by atoms with E-state index in [1.165, 1.54) is 0 Å². The van der Waals surface area contributed by atoms with Gasteiger partial charge in [-0.05, 0) is 55.2 Å². The first kappa shape index (κ1) is 16.8. The van der Waals surface area contributed by atoms with E-state index in [0.717, 1.165) is 40.2 Å². The number of hydrogen-bond acceptors (Lipinski definition) is 4. The topological polar surface area (TPSA) is 68.5 Å². The van der Waals surface area contributed by atoms with Crippen LogP contribution in [0.2, 0.25) is 0 Å². The van der Waals surface area contributed by atoms with Crippen LogP contribution >= 0.6 is 15.9 Å². The van der Waals surface area contributed by atoms with Gasteiger partial charge in [0.1, 0.15) is 11.3 Å². The van der Waals surface area contributed by atoms with Gasteiger partial charge < -0.3 is 14.5 Å². The second kappa shape index (κ2) is 6.96. The Morgan fingerprint density at radius 2 is 2.00 bits per heavy atom. The van der Waals surface area contributed by atoms with E-state index in [1.54, 1.807) is 18.2 Å². The predicted octanol–water partition coefficient (Wildman–Crippen LogP) is 4.06. The van der Waals surface area contributed by atoms with Gasteiger partial charge >= 0.3 is 5.63 Å². The molecule has 4 rings (SSSR count). The summed E-state index contributed by atoms with van der Waals surface area (Å²) in [7, 11) is 0. The number of nitrogens with one attached hydrogen (secondary N) is 1. The summed E-state index contributed by atoms with van der Waals surface area (Å²) in [4.78, 5) is 24.1. The van der Waals surface area contributed by atoms with Crippen LogP contribution in [0.5, 0.6) is 5.75 Å². The molecule has 0 radical (unpaired) electrons. The molecule has 6 heteroatoms. The highest BCUT2D eigenvalue weighted by molar-refractivity contribution is 9.10. The van der Waals surface area contributed by atoms with Gasteiger partial charge in [-0.2, -0.15) is 0 Å². The zero-order valence-electron chi connectivity index (χ0n) is 13.9. The molecule has 1 aliphatic carbocycles. The maximum Gasteiger partial charge on any atom is 0.339 e. The maximum atomic E-state index is 12.1. The molecule has 1 aromatic heterocycles. The minimum atomic E-state index is -0.269. The fourth-order valence-corrected chi connectivity index (χ4v) is 3.67. The Kier molecular flexibility index (Phi) is 4.51. The third-order valence-electron chi connectivity index (χ3n) is 4.42. The molecule has 0 fully saturated rings. The van der Waals surface area contributed by atoms with Crippen LogP contribution in [-0.4, -0.2) is 12.5 Å². The van der Waals surface area contributed by atoms with Crippen LogP contribution in [0.15, 0.2) is 56.1 Å². The summed E-state index contributed by atoms with van der Waals surface area (Å²) in [6.45, 7) is -0.132. The van der Waals surface area contributed by atoms with Gasteiger partial charge in [-0.1, -0.05) is 22.0 Å². The molecule has 0 spiro atoms. The molecule has 0 unspecified atom stereocenters. The van der Waals surface area contributed by atoms with Crippen molar-refractivity contribution in [3.8, 4) is 5.75 Å². The number of fused-ring (bicyclic) bond motifs is 3. The van der Waals surface area contributed by atoms with Crippen LogP contribution in [-0.2, 0) is 17.6 Å². The minimum absolute atomic E-state index is 0.132. The monoisotopic (exact) mass is 413 g/mol. The molecule has 2 aromatic carbocycles. The van der Waals surface area contributed by atoms with E-state index in [4.69, 9.17) is 9.15 Å². The first-order valence-corrected chi connectivity index (χ1v) is 9.16. The lowest BCUT2D eigenvalue weighted by Crippen LogP contribution is -2.20. The van der Waals surface area contributed by atoms with Crippen molar-refractivity contribution < 1.29 is 13.9 Å². The van der Waals surface area contributed by atoms with Gasteiger partial charge in [-0.25, -0.2) is 4.79 Å². The zero-order valence-corrected chi connectivity index (χ0v) is 15.5. The van der Waals surface area contributed by atoms with Crippen LogP contribution in [0.4, 0.5) is 5.69 Å². The molecule has 26 heavy (non-hydrogen) atoms. The van der Waals surface area contributed by atoms with E-state index >= 15 is 0 Å². The lowest BCUT2D eigenvalue weighted by atomic mass is 10.1. The summed E-state index contributed by atoms with van der Waals surface area (Å²) < 4.78 is 11.9. The molecule has 5 nitrogen and oxygen atoms in total. The zero-order chi connectivity index (χ0) is 18.1. The van der Waals surface area contributed by atoms with Gasteiger partial charge in [0, 0.05) is 27.2 Å². The molecule has 0 aliphatic heterocycles. The third kappa shape index (κ3) is 3.37. The summed E-state index contributed by atoms with van der Waals surface area (Å²) in [6, 6.07) is 12.7. The number of rotatable bonds is 4. The number of aryl methyl sites for hydroxylation is 1. The maximum absolute atomic E-state index is 12.1. The summed E-state index contributed by atoms with van der Waals surface area (Å²) >= 11 is 3.36. The van der Waals surface area contributed by atoms with Crippen LogP contribution in [0.3, 0.4) is 0 Å². The van der Waals surface area contributed by atoms with Gasteiger partial charge in [-0.3, -0.25) is 4.79 Å². The number of carbonyl (C=O) groups excluding carboxylic acids is 1. The molecule has 0 saturated carbocycles. The Hall–Kier alpha value is -2.60. The van der Waals surface area contributed by atoms with Crippen LogP contribution in [0.1, 0.15) is 17.5 Å². The summed E-state index contributed by atoms with van der Waals surface area (Å²) in [5.74, 6) is 0.224. The number of amides is 1. The molecular weight excluding hydrogens is 398 g/mol. The Bertz CT molecular complexity index is 1060. The van der Waals surface area contributed by atoms with Crippen LogP contribution in [0, 0.1) is 0 Å². The molecule has 0 bridgehead atoms. The molecule has 0 saturated heterocycles.